The second kappa shape index (κ2) is 5.85. The number of aromatic nitrogens is 2. The molecule has 2 heterocycles. The van der Waals surface area contributed by atoms with Crippen molar-refractivity contribution in [3.63, 3.8) is 0 Å². The lowest BCUT2D eigenvalue weighted by atomic mass is 10.1. The average molecular weight is 297 g/mol. The Morgan fingerprint density at radius 1 is 1.32 bits per heavy atom. The molecule has 0 aliphatic carbocycles. The zero-order valence-corrected chi connectivity index (χ0v) is 12.3. The topological polar surface area (TPSA) is 77.2 Å². The number of benzene rings is 1. The van der Waals surface area contributed by atoms with Crippen LogP contribution >= 0.6 is 0 Å². The van der Waals surface area contributed by atoms with Crippen LogP contribution in [0.4, 0.5) is 5.95 Å². The summed E-state index contributed by atoms with van der Waals surface area (Å²) >= 11 is 0. The molecule has 0 spiro atoms. The third-order valence-electron chi connectivity index (χ3n) is 3.22. The van der Waals surface area contributed by atoms with Crippen molar-refractivity contribution < 1.29 is 13.9 Å². The molecule has 1 amide bonds. The molecule has 3 rings (SSSR count). The number of aryl methyl sites for hydroxylation is 1. The normalized spacial score (nSPS) is 10.6. The van der Waals surface area contributed by atoms with E-state index in [0.717, 1.165) is 16.7 Å². The van der Waals surface area contributed by atoms with Crippen LogP contribution in [-0.4, -0.2) is 22.5 Å². The summed E-state index contributed by atoms with van der Waals surface area (Å²) in [6.45, 7) is 4.34. The highest BCUT2D eigenvalue weighted by atomic mass is 16.5. The summed E-state index contributed by atoms with van der Waals surface area (Å²) in [7, 11) is 0. The highest BCUT2D eigenvalue weighted by molar-refractivity contribution is 6.05. The van der Waals surface area contributed by atoms with Gasteiger partial charge in [0.15, 0.2) is 5.76 Å². The average Bonchev–Trinajstić information content (AvgIpc) is 2.86. The Bertz CT molecular complexity index is 812. The zero-order valence-electron chi connectivity index (χ0n) is 12.3. The SMILES string of the molecule is CCOc1ccc2oc(C(=O)Nc3ncccn3)c(C)c2c1. The Kier molecular flexibility index (Phi) is 3.74. The van der Waals surface area contributed by atoms with Gasteiger partial charge in [-0.1, -0.05) is 0 Å². The maximum atomic E-state index is 12.3. The Hall–Kier alpha value is -2.89. The molecular weight excluding hydrogens is 282 g/mol. The number of anilines is 1. The first kappa shape index (κ1) is 14.1. The van der Waals surface area contributed by atoms with Gasteiger partial charge in [0.25, 0.3) is 5.91 Å². The molecule has 112 valence electrons. The molecule has 6 nitrogen and oxygen atoms in total. The zero-order chi connectivity index (χ0) is 15.5. The molecular formula is C16H15N3O3. The minimum Gasteiger partial charge on any atom is -0.494 e. The molecule has 0 atom stereocenters. The minimum absolute atomic E-state index is 0.238. The molecule has 0 unspecified atom stereocenters. The number of hydrogen-bond acceptors (Lipinski definition) is 5. The van der Waals surface area contributed by atoms with Crippen molar-refractivity contribution in [1.82, 2.24) is 9.97 Å². The molecule has 1 N–H and O–H groups in total. The van der Waals surface area contributed by atoms with Gasteiger partial charge in [0, 0.05) is 23.3 Å². The van der Waals surface area contributed by atoms with Crippen molar-refractivity contribution in [3.05, 3.63) is 48.0 Å². The Morgan fingerprint density at radius 3 is 2.82 bits per heavy atom. The van der Waals surface area contributed by atoms with Gasteiger partial charge in [-0.05, 0) is 38.1 Å². The molecule has 0 saturated carbocycles. The first-order valence-corrected chi connectivity index (χ1v) is 6.93. The molecule has 0 aliphatic rings. The van der Waals surface area contributed by atoms with Gasteiger partial charge < -0.3 is 9.15 Å². The maximum absolute atomic E-state index is 12.3. The van der Waals surface area contributed by atoms with E-state index in [2.05, 4.69) is 15.3 Å². The van der Waals surface area contributed by atoms with Crippen LogP contribution in [0.2, 0.25) is 0 Å². The van der Waals surface area contributed by atoms with Gasteiger partial charge in [-0.3, -0.25) is 10.1 Å². The predicted molar refractivity (Wildman–Crippen MR) is 82.1 cm³/mol. The largest absolute Gasteiger partial charge is 0.494 e. The second-order valence-electron chi connectivity index (χ2n) is 4.67. The van der Waals surface area contributed by atoms with E-state index in [-0.39, 0.29) is 17.6 Å². The fraction of sp³-hybridized carbons (Fsp3) is 0.188. The molecule has 1 aromatic carbocycles. The van der Waals surface area contributed by atoms with E-state index in [9.17, 15) is 4.79 Å². The molecule has 0 fully saturated rings. The van der Waals surface area contributed by atoms with Crippen molar-refractivity contribution in [3.8, 4) is 5.75 Å². The van der Waals surface area contributed by atoms with Gasteiger partial charge in [0.05, 0.1) is 6.61 Å². The van der Waals surface area contributed by atoms with E-state index < -0.39 is 0 Å². The first-order chi connectivity index (χ1) is 10.7. The lowest BCUT2D eigenvalue weighted by Crippen LogP contribution is -2.14. The Morgan fingerprint density at radius 2 is 2.09 bits per heavy atom. The summed E-state index contributed by atoms with van der Waals surface area (Å²) in [5.74, 6) is 0.855. The van der Waals surface area contributed by atoms with Crippen LogP contribution in [0, 0.1) is 6.92 Å². The summed E-state index contributed by atoms with van der Waals surface area (Å²) < 4.78 is 11.1. The van der Waals surface area contributed by atoms with Crippen LogP contribution in [0.5, 0.6) is 5.75 Å². The number of amides is 1. The van der Waals surface area contributed by atoms with E-state index in [1.807, 2.05) is 26.0 Å². The van der Waals surface area contributed by atoms with Crippen LogP contribution in [0.15, 0.2) is 41.1 Å². The third kappa shape index (κ3) is 2.63. The predicted octanol–water partition coefficient (Wildman–Crippen LogP) is 3.18. The van der Waals surface area contributed by atoms with Crippen molar-refractivity contribution in [2.24, 2.45) is 0 Å². The number of rotatable bonds is 4. The van der Waals surface area contributed by atoms with Crippen LogP contribution in [0.25, 0.3) is 11.0 Å². The molecule has 3 aromatic rings. The number of ether oxygens (including phenoxy) is 1. The van der Waals surface area contributed by atoms with Gasteiger partial charge in [-0.15, -0.1) is 0 Å². The number of fused-ring (bicyclic) bond motifs is 1. The van der Waals surface area contributed by atoms with Crippen LogP contribution < -0.4 is 10.1 Å². The summed E-state index contributed by atoms with van der Waals surface area (Å²) in [6, 6.07) is 7.16. The number of carbonyl (C=O) groups is 1. The number of furan rings is 1. The maximum Gasteiger partial charge on any atom is 0.294 e. The van der Waals surface area contributed by atoms with Gasteiger partial charge in [-0.2, -0.15) is 0 Å². The highest BCUT2D eigenvalue weighted by Crippen LogP contribution is 2.29. The van der Waals surface area contributed by atoms with Crippen LogP contribution in [-0.2, 0) is 0 Å². The Labute approximate surface area is 127 Å². The fourth-order valence-electron chi connectivity index (χ4n) is 2.20. The summed E-state index contributed by atoms with van der Waals surface area (Å²) in [5.41, 5.74) is 1.39. The molecule has 0 radical (unpaired) electrons. The molecule has 0 saturated heterocycles. The monoisotopic (exact) mass is 297 g/mol. The van der Waals surface area contributed by atoms with Crippen LogP contribution in [0.1, 0.15) is 23.0 Å². The van der Waals surface area contributed by atoms with Gasteiger partial charge in [0.2, 0.25) is 5.95 Å². The molecule has 0 bridgehead atoms. The first-order valence-electron chi connectivity index (χ1n) is 6.93. The smallest absolute Gasteiger partial charge is 0.294 e. The summed E-state index contributed by atoms with van der Waals surface area (Å²) in [6.07, 6.45) is 3.12. The lowest BCUT2D eigenvalue weighted by molar-refractivity contribution is 0.0997. The fourth-order valence-corrected chi connectivity index (χ4v) is 2.20. The van der Waals surface area contributed by atoms with E-state index in [1.54, 1.807) is 24.5 Å². The second-order valence-corrected chi connectivity index (χ2v) is 4.67. The van der Waals surface area contributed by atoms with E-state index in [4.69, 9.17) is 9.15 Å². The highest BCUT2D eigenvalue weighted by Gasteiger charge is 2.18. The third-order valence-corrected chi connectivity index (χ3v) is 3.22. The number of nitrogens with zero attached hydrogens (tertiary/aromatic N) is 2. The molecule has 22 heavy (non-hydrogen) atoms. The standard InChI is InChI=1S/C16H15N3O3/c1-3-21-11-5-6-13-12(9-11)10(2)14(22-13)15(20)19-16-17-7-4-8-18-16/h4-9H,3H2,1-2H3,(H,17,18,19,20). The molecule has 2 aromatic heterocycles. The molecule has 0 aliphatic heterocycles. The lowest BCUT2D eigenvalue weighted by Gasteiger charge is -2.01. The van der Waals surface area contributed by atoms with Crippen molar-refractivity contribution in [2.75, 3.05) is 11.9 Å². The number of carbonyl (C=O) groups excluding carboxylic acids is 1. The van der Waals surface area contributed by atoms with Crippen LogP contribution in [0.3, 0.4) is 0 Å². The minimum atomic E-state index is -0.377. The van der Waals surface area contributed by atoms with E-state index in [1.165, 1.54) is 0 Å². The Balaban J connectivity index is 1.93. The molecule has 6 heteroatoms. The van der Waals surface area contributed by atoms with Crippen molar-refractivity contribution >= 4 is 22.8 Å². The van der Waals surface area contributed by atoms with E-state index >= 15 is 0 Å². The van der Waals surface area contributed by atoms with Gasteiger partial charge >= 0.3 is 0 Å². The van der Waals surface area contributed by atoms with Gasteiger partial charge in [-0.25, -0.2) is 9.97 Å². The number of nitrogens with one attached hydrogen (secondary N) is 1. The van der Waals surface area contributed by atoms with Crippen molar-refractivity contribution in [2.45, 2.75) is 13.8 Å². The summed E-state index contributed by atoms with van der Waals surface area (Å²) in [5, 5.41) is 3.47. The van der Waals surface area contributed by atoms with Crippen molar-refractivity contribution in [1.29, 1.82) is 0 Å². The van der Waals surface area contributed by atoms with Gasteiger partial charge in [0.1, 0.15) is 11.3 Å². The number of hydrogen-bond donors (Lipinski definition) is 1. The van der Waals surface area contributed by atoms with E-state index in [0.29, 0.717) is 12.2 Å². The summed E-state index contributed by atoms with van der Waals surface area (Å²) in [4.78, 5) is 20.2. The quantitative estimate of drug-likeness (QED) is 0.800.